The van der Waals surface area contributed by atoms with Crippen molar-refractivity contribution in [2.24, 2.45) is 0 Å². The fraction of sp³-hybridized carbons (Fsp3) is 0.353. The first-order valence-electron chi connectivity index (χ1n) is 6.91. The average molecular weight is 303 g/mol. The maximum Gasteiger partial charge on any atom is 0.177 e. The van der Waals surface area contributed by atoms with E-state index in [4.69, 9.17) is 4.74 Å². The predicted octanol–water partition coefficient (Wildman–Crippen LogP) is 3.69. The second kappa shape index (κ2) is 6.87. The molecular formula is C17H21NO2S. The summed E-state index contributed by atoms with van der Waals surface area (Å²) in [5.41, 5.74) is 2.00. The molecule has 1 aromatic carbocycles. The Kier molecular flexibility index (Phi) is 5.15. The van der Waals surface area contributed by atoms with Crippen molar-refractivity contribution in [3.8, 4) is 5.75 Å². The van der Waals surface area contributed by atoms with Crippen molar-refractivity contribution < 1.29 is 9.53 Å². The van der Waals surface area contributed by atoms with Gasteiger partial charge in [0.15, 0.2) is 5.78 Å². The maximum absolute atomic E-state index is 12.3. The summed E-state index contributed by atoms with van der Waals surface area (Å²) in [6.07, 6.45) is 0. The number of likely N-dealkylation sites (N-methyl/N-ethyl adjacent to an activating group) is 1. The smallest absolute Gasteiger partial charge is 0.177 e. The van der Waals surface area contributed by atoms with Gasteiger partial charge in [-0.2, -0.15) is 0 Å². The van der Waals surface area contributed by atoms with Crippen LogP contribution >= 0.6 is 11.3 Å². The summed E-state index contributed by atoms with van der Waals surface area (Å²) in [7, 11) is 3.62. The average Bonchev–Trinajstić information content (AvgIpc) is 2.77. The molecule has 1 aromatic heterocycles. The molecule has 0 bridgehead atoms. The molecule has 0 fully saturated rings. The van der Waals surface area contributed by atoms with Crippen LogP contribution in [-0.2, 0) is 6.54 Å². The number of hydrogen-bond acceptors (Lipinski definition) is 4. The number of ether oxygens (including phenoxy) is 1. The summed E-state index contributed by atoms with van der Waals surface area (Å²) in [4.78, 5) is 16.7. The van der Waals surface area contributed by atoms with Crippen molar-refractivity contribution >= 4 is 17.1 Å². The molecule has 0 unspecified atom stereocenters. The van der Waals surface area contributed by atoms with Crippen LogP contribution in [0.15, 0.2) is 30.3 Å². The lowest BCUT2D eigenvalue weighted by atomic mass is 10.1. The van der Waals surface area contributed by atoms with Gasteiger partial charge in [-0.25, -0.2) is 0 Å². The molecule has 0 aliphatic carbocycles. The lowest BCUT2D eigenvalue weighted by Gasteiger charge is -2.16. The van der Waals surface area contributed by atoms with Crippen LogP contribution in [0.2, 0.25) is 0 Å². The van der Waals surface area contributed by atoms with Crippen molar-refractivity contribution in [3.05, 3.63) is 51.2 Å². The van der Waals surface area contributed by atoms with Crippen molar-refractivity contribution in [3.63, 3.8) is 0 Å². The Hall–Kier alpha value is -1.65. The second-order valence-corrected chi connectivity index (χ2v) is 6.73. The molecule has 0 N–H and O–H groups in total. The molecular weight excluding hydrogens is 282 g/mol. The van der Waals surface area contributed by atoms with E-state index in [2.05, 4.69) is 0 Å². The van der Waals surface area contributed by atoms with Crippen molar-refractivity contribution in [1.82, 2.24) is 4.90 Å². The van der Waals surface area contributed by atoms with Crippen LogP contribution in [0.25, 0.3) is 0 Å². The van der Waals surface area contributed by atoms with Gasteiger partial charge in [0.05, 0.1) is 13.7 Å². The van der Waals surface area contributed by atoms with Gasteiger partial charge in [0, 0.05) is 21.9 Å². The number of aryl methyl sites for hydroxylation is 2. The molecule has 2 rings (SSSR count). The first kappa shape index (κ1) is 15.7. The topological polar surface area (TPSA) is 29.5 Å². The van der Waals surface area contributed by atoms with Gasteiger partial charge in [-0.15, -0.1) is 11.3 Å². The van der Waals surface area contributed by atoms with E-state index in [1.165, 1.54) is 4.88 Å². The van der Waals surface area contributed by atoms with E-state index >= 15 is 0 Å². The maximum atomic E-state index is 12.3. The van der Waals surface area contributed by atoms with Crippen LogP contribution in [0.1, 0.15) is 25.7 Å². The number of carbonyl (C=O) groups excluding carboxylic acids is 1. The quantitative estimate of drug-likeness (QED) is 0.762. The van der Waals surface area contributed by atoms with Crippen LogP contribution in [0.5, 0.6) is 5.75 Å². The highest BCUT2D eigenvalue weighted by molar-refractivity contribution is 7.12. The zero-order valence-corrected chi connectivity index (χ0v) is 13.8. The van der Waals surface area contributed by atoms with Gasteiger partial charge in [-0.1, -0.05) is 12.1 Å². The third kappa shape index (κ3) is 4.16. The number of thiophene rings is 1. The molecule has 0 spiro atoms. The SMILES string of the molecule is COc1cccc(CN(C)CC(=O)c2cc(C)sc2C)c1. The highest BCUT2D eigenvalue weighted by Crippen LogP contribution is 2.21. The highest BCUT2D eigenvalue weighted by atomic mass is 32.1. The Morgan fingerprint density at radius 2 is 2.05 bits per heavy atom. The fourth-order valence-corrected chi connectivity index (χ4v) is 3.32. The van der Waals surface area contributed by atoms with Gasteiger partial charge in [0.2, 0.25) is 0 Å². The standard InChI is InChI=1S/C17H21NO2S/c1-12-8-16(13(2)21-12)17(19)11-18(3)10-14-6-5-7-15(9-14)20-4/h5-9H,10-11H2,1-4H3. The Labute approximate surface area is 130 Å². The van der Waals surface area contributed by atoms with E-state index in [-0.39, 0.29) is 5.78 Å². The number of benzene rings is 1. The molecule has 21 heavy (non-hydrogen) atoms. The minimum absolute atomic E-state index is 0.183. The molecule has 1 heterocycles. The highest BCUT2D eigenvalue weighted by Gasteiger charge is 2.14. The van der Waals surface area contributed by atoms with E-state index in [1.54, 1.807) is 18.4 Å². The largest absolute Gasteiger partial charge is 0.497 e. The third-order valence-electron chi connectivity index (χ3n) is 3.34. The fourth-order valence-electron chi connectivity index (χ4n) is 2.38. The Morgan fingerprint density at radius 1 is 1.29 bits per heavy atom. The van der Waals surface area contributed by atoms with E-state index in [0.717, 1.165) is 28.3 Å². The first-order chi connectivity index (χ1) is 9.99. The summed E-state index contributed by atoms with van der Waals surface area (Å²) in [5, 5.41) is 0. The minimum atomic E-state index is 0.183. The summed E-state index contributed by atoms with van der Waals surface area (Å²) in [6.45, 7) is 5.20. The van der Waals surface area contributed by atoms with Crippen LogP contribution in [0.4, 0.5) is 0 Å². The monoisotopic (exact) mass is 303 g/mol. The molecule has 3 nitrogen and oxygen atoms in total. The minimum Gasteiger partial charge on any atom is -0.497 e. The van der Waals surface area contributed by atoms with Crippen molar-refractivity contribution in [1.29, 1.82) is 0 Å². The third-order valence-corrected chi connectivity index (χ3v) is 4.31. The molecule has 2 aromatic rings. The van der Waals surface area contributed by atoms with E-state index in [0.29, 0.717) is 6.54 Å². The van der Waals surface area contributed by atoms with Crippen LogP contribution in [0.3, 0.4) is 0 Å². The molecule has 0 saturated heterocycles. The number of hydrogen-bond donors (Lipinski definition) is 0. The predicted molar refractivity (Wildman–Crippen MR) is 87.5 cm³/mol. The number of ketones is 1. The Bertz CT molecular complexity index is 633. The normalized spacial score (nSPS) is 10.9. The van der Waals surface area contributed by atoms with Gasteiger partial charge in [0.1, 0.15) is 5.75 Å². The molecule has 0 saturated carbocycles. The Morgan fingerprint density at radius 3 is 2.67 bits per heavy atom. The summed E-state index contributed by atoms with van der Waals surface area (Å²) < 4.78 is 5.22. The molecule has 0 amide bonds. The molecule has 0 atom stereocenters. The van der Waals surface area contributed by atoms with Crippen molar-refractivity contribution in [2.45, 2.75) is 20.4 Å². The molecule has 0 aliphatic heterocycles. The summed E-state index contributed by atoms with van der Waals surface area (Å²) in [6, 6.07) is 9.93. The Balaban J connectivity index is 1.99. The van der Waals surface area contributed by atoms with E-state index < -0.39 is 0 Å². The van der Waals surface area contributed by atoms with Gasteiger partial charge in [0.25, 0.3) is 0 Å². The zero-order chi connectivity index (χ0) is 15.4. The lowest BCUT2D eigenvalue weighted by Crippen LogP contribution is -2.25. The first-order valence-corrected chi connectivity index (χ1v) is 7.73. The van der Waals surface area contributed by atoms with Crippen LogP contribution in [0, 0.1) is 13.8 Å². The summed E-state index contributed by atoms with van der Waals surface area (Å²) >= 11 is 1.68. The van der Waals surface area contributed by atoms with Gasteiger partial charge < -0.3 is 4.74 Å². The van der Waals surface area contributed by atoms with Gasteiger partial charge in [-0.05, 0) is 44.7 Å². The second-order valence-electron chi connectivity index (χ2n) is 5.27. The van der Waals surface area contributed by atoms with Crippen LogP contribution in [-0.4, -0.2) is 31.4 Å². The molecule has 0 radical (unpaired) electrons. The number of rotatable bonds is 6. The van der Waals surface area contributed by atoms with E-state index in [9.17, 15) is 4.79 Å². The van der Waals surface area contributed by atoms with E-state index in [1.807, 2.05) is 56.1 Å². The number of methoxy groups -OCH3 is 1. The van der Waals surface area contributed by atoms with Gasteiger partial charge >= 0.3 is 0 Å². The van der Waals surface area contributed by atoms with Crippen molar-refractivity contribution in [2.75, 3.05) is 20.7 Å². The molecule has 0 aliphatic rings. The zero-order valence-electron chi connectivity index (χ0n) is 13.0. The van der Waals surface area contributed by atoms with Gasteiger partial charge in [-0.3, -0.25) is 9.69 Å². The number of carbonyl (C=O) groups is 1. The summed E-state index contributed by atoms with van der Waals surface area (Å²) in [5.74, 6) is 1.03. The number of nitrogens with zero attached hydrogens (tertiary/aromatic N) is 1. The molecule has 4 heteroatoms. The van der Waals surface area contributed by atoms with Crippen LogP contribution < -0.4 is 4.74 Å². The lowest BCUT2D eigenvalue weighted by molar-refractivity contribution is 0.0943. The molecule has 112 valence electrons. The number of Topliss-reactive ketones (excluding diaryl/α,β-unsaturated/α-hetero) is 1.